The van der Waals surface area contributed by atoms with Gasteiger partial charge < -0.3 is 20.5 Å². The molecule has 1 saturated heterocycles. The number of thioether (sulfide) groups is 1. The van der Waals surface area contributed by atoms with Crippen molar-refractivity contribution in [3.05, 3.63) is 0 Å². The number of nitrogen functional groups attached to an aromatic ring is 1. The number of carbonyl (C=O) groups is 2. The molecule has 0 unspecified atom stereocenters. The fourth-order valence-corrected chi connectivity index (χ4v) is 2.71. The lowest BCUT2D eigenvalue weighted by atomic mass is 9.97. The molecular weight excluding hydrogens is 310 g/mol. The van der Waals surface area contributed by atoms with Gasteiger partial charge in [-0.2, -0.15) is 15.0 Å². The summed E-state index contributed by atoms with van der Waals surface area (Å²) in [5.41, 5.74) is 2.10. The van der Waals surface area contributed by atoms with E-state index in [1.165, 1.54) is 7.11 Å². The first-order valence-corrected chi connectivity index (χ1v) is 7.63. The standard InChI is InChI=1S/C12H17N5O4S/c1-21-9(20)7-2-4-17(5-3-7)11-14-10(13)15-12(16-11)22-6-8(18)19/h7H,2-6H2,1H3,(H,18,19)(H2,13,14,15,16)/i/hD. The van der Waals surface area contributed by atoms with Crippen molar-refractivity contribution in [3.8, 4) is 0 Å². The number of aromatic nitrogens is 3. The molecule has 0 spiro atoms. The highest BCUT2D eigenvalue weighted by Gasteiger charge is 2.27. The summed E-state index contributed by atoms with van der Waals surface area (Å²) in [5.74, 6) is -1.08. The number of nitrogens with zero attached hydrogens (tertiary/aromatic N) is 4. The Hall–Kier alpha value is -2.10. The van der Waals surface area contributed by atoms with Crippen molar-refractivity contribution in [1.82, 2.24) is 15.0 Å². The lowest BCUT2D eigenvalue weighted by Gasteiger charge is -2.30. The third kappa shape index (κ3) is 4.20. The molecule has 0 bridgehead atoms. The van der Waals surface area contributed by atoms with Gasteiger partial charge in [0.05, 0.1) is 18.8 Å². The first-order valence-electron chi connectivity index (χ1n) is 7.14. The number of carboxylic acids is 1. The maximum atomic E-state index is 11.5. The minimum atomic E-state index is -0.976. The van der Waals surface area contributed by atoms with Gasteiger partial charge in [-0.1, -0.05) is 11.8 Å². The van der Waals surface area contributed by atoms with E-state index in [-0.39, 0.29) is 28.7 Å². The maximum Gasteiger partial charge on any atom is 0.313 e. The second-order valence-corrected chi connectivity index (χ2v) is 5.65. The smallest absolute Gasteiger partial charge is 0.313 e. The molecule has 0 aliphatic carbocycles. The molecule has 2 heterocycles. The van der Waals surface area contributed by atoms with Gasteiger partial charge in [-0.25, -0.2) is 0 Å². The van der Waals surface area contributed by atoms with Crippen LogP contribution in [-0.4, -0.2) is 57.9 Å². The minimum Gasteiger partial charge on any atom is -0.481 e. The predicted molar refractivity (Wildman–Crippen MR) is 79.6 cm³/mol. The molecule has 0 saturated carbocycles. The summed E-state index contributed by atoms with van der Waals surface area (Å²) in [6.07, 6.45) is 1.25. The van der Waals surface area contributed by atoms with Gasteiger partial charge in [0.2, 0.25) is 11.9 Å². The van der Waals surface area contributed by atoms with E-state index in [4.69, 9.17) is 11.3 Å². The lowest BCUT2D eigenvalue weighted by Crippen LogP contribution is -2.37. The second kappa shape index (κ2) is 7.25. The van der Waals surface area contributed by atoms with E-state index < -0.39 is 5.97 Å². The van der Waals surface area contributed by atoms with Gasteiger partial charge in [0.1, 0.15) is 0 Å². The Morgan fingerprint density at radius 3 is 2.77 bits per heavy atom. The Kier molecular flexibility index (Phi) is 4.88. The molecule has 1 aromatic heterocycles. The van der Waals surface area contributed by atoms with Crippen LogP contribution in [-0.2, 0) is 14.3 Å². The molecule has 2 rings (SSSR count). The number of hydrogen-bond donors (Lipinski definition) is 2. The van der Waals surface area contributed by atoms with E-state index in [2.05, 4.69) is 20.7 Å². The average molecular weight is 328 g/mol. The van der Waals surface area contributed by atoms with Crippen LogP contribution in [0.2, 0.25) is 1.41 Å². The molecule has 0 amide bonds. The highest BCUT2D eigenvalue weighted by molar-refractivity contribution is 7.99. The summed E-state index contributed by atoms with van der Waals surface area (Å²) >= 11 is 0.959. The molecule has 0 radical (unpaired) electrons. The fraction of sp³-hybridized carbons (Fsp3) is 0.583. The van der Waals surface area contributed by atoms with Crippen molar-refractivity contribution >= 4 is 35.6 Å². The maximum absolute atomic E-state index is 11.5. The van der Waals surface area contributed by atoms with Crippen LogP contribution < -0.4 is 10.6 Å². The Labute approximate surface area is 132 Å². The van der Waals surface area contributed by atoms with Crippen molar-refractivity contribution in [2.24, 2.45) is 5.92 Å². The molecule has 1 aliphatic heterocycles. The van der Waals surface area contributed by atoms with Crippen LogP contribution in [0.4, 0.5) is 11.9 Å². The number of methoxy groups -OCH3 is 1. The molecule has 1 aromatic rings. The van der Waals surface area contributed by atoms with Gasteiger partial charge in [-0.3, -0.25) is 9.59 Å². The monoisotopic (exact) mass is 328 g/mol. The van der Waals surface area contributed by atoms with E-state index in [0.29, 0.717) is 31.9 Å². The van der Waals surface area contributed by atoms with Crippen molar-refractivity contribution in [3.63, 3.8) is 0 Å². The van der Waals surface area contributed by atoms with Gasteiger partial charge in [-0.05, 0) is 12.8 Å². The zero-order chi connectivity index (χ0) is 16.8. The SMILES string of the molecule is [2H]Nc1nc(SCC(=O)O)nc(N2CCC(C(=O)OC)CC2)n1. The van der Waals surface area contributed by atoms with E-state index in [1.54, 1.807) is 0 Å². The summed E-state index contributed by atoms with van der Waals surface area (Å²) in [4.78, 5) is 36.4. The largest absolute Gasteiger partial charge is 0.481 e. The number of hydrogen-bond acceptors (Lipinski definition) is 9. The molecule has 0 aromatic carbocycles. The van der Waals surface area contributed by atoms with Gasteiger partial charge in [-0.15, -0.1) is 0 Å². The molecular formula is C12H17N5O4S. The number of carbonyl (C=O) groups excluding carboxylic acids is 1. The summed E-state index contributed by atoms with van der Waals surface area (Å²) in [5, 5.41) is 8.96. The molecule has 1 fully saturated rings. The lowest BCUT2D eigenvalue weighted by molar-refractivity contribution is -0.146. The van der Waals surface area contributed by atoms with E-state index in [0.717, 1.165) is 11.8 Å². The molecule has 9 nitrogen and oxygen atoms in total. The first-order chi connectivity index (χ1) is 11.0. The van der Waals surface area contributed by atoms with Crippen LogP contribution in [0.1, 0.15) is 12.8 Å². The van der Waals surface area contributed by atoms with Crippen molar-refractivity contribution in [2.75, 3.05) is 36.6 Å². The van der Waals surface area contributed by atoms with E-state index in [1.807, 2.05) is 4.90 Å². The molecule has 10 heteroatoms. The fourth-order valence-electron chi connectivity index (χ4n) is 2.16. The summed E-state index contributed by atoms with van der Waals surface area (Å²) < 4.78 is 11.9. The first kappa shape index (κ1) is 14.8. The van der Waals surface area contributed by atoms with Crippen LogP contribution in [0, 0.1) is 5.92 Å². The van der Waals surface area contributed by atoms with Crippen molar-refractivity contribution in [2.45, 2.75) is 18.0 Å². The third-order valence-corrected chi connectivity index (χ3v) is 4.07. The van der Waals surface area contributed by atoms with Crippen LogP contribution in [0.15, 0.2) is 5.16 Å². The average Bonchev–Trinajstić information content (AvgIpc) is 2.59. The minimum absolute atomic E-state index is 0.0537. The number of carboxylic acid groups (broad SMARTS) is 1. The molecule has 120 valence electrons. The van der Waals surface area contributed by atoms with Crippen LogP contribution in [0.3, 0.4) is 0 Å². The summed E-state index contributed by atoms with van der Waals surface area (Å²) in [6.45, 7) is 1.15. The molecule has 0 atom stereocenters. The van der Waals surface area contributed by atoms with Crippen molar-refractivity contribution < 1.29 is 20.8 Å². The topological polar surface area (TPSA) is 132 Å². The number of nitrogens with two attached hydrogens (primary N) is 1. The van der Waals surface area contributed by atoms with Gasteiger partial charge in [0.25, 0.3) is 0 Å². The van der Waals surface area contributed by atoms with E-state index in [9.17, 15) is 9.59 Å². The highest BCUT2D eigenvalue weighted by Crippen LogP contribution is 2.23. The number of ether oxygens (including phenoxy) is 1. The Bertz CT molecular complexity index is 583. The third-order valence-electron chi connectivity index (χ3n) is 3.24. The zero-order valence-corrected chi connectivity index (χ0v) is 12.8. The Morgan fingerprint density at radius 1 is 1.45 bits per heavy atom. The van der Waals surface area contributed by atoms with Crippen LogP contribution in [0.25, 0.3) is 0 Å². The Morgan fingerprint density at radius 2 is 2.18 bits per heavy atom. The quantitative estimate of drug-likeness (QED) is 0.544. The van der Waals surface area contributed by atoms with Gasteiger partial charge in [0.15, 0.2) is 6.57 Å². The summed E-state index contributed by atoms with van der Waals surface area (Å²) in [7, 11) is 1.37. The zero-order valence-electron chi connectivity index (χ0n) is 13.0. The Balaban J connectivity index is 2.08. The second-order valence-electron chi connectivity index (χ2n) is 4.71. The van der Waals surface area contributed by atoms with Crippen LogP contribution in [0.5, 0.6) is 0 Å². The molecule has 3 N–H and O–H groups in total. The number of rotatable bonds is 6. The molecule has 22 heavy (non-hydrogen) atoms. The molecule has 1 aliphatic rings. The van der Waals surface area contributed by atoms with Crippen LogP contribution >= 0.6 is 11.8 Å². The van der Waals surface area contributed by atoms with Gasteiger partial charge in [0, 0.05) is 13.1 Å². The number of piperidine rings is 1. The number of aliphatic carboxylic acids is 1. The number of anilines is 2. The van der Waals surface area contributed by atoms with E-state index >= 15 is 0 Å². The highest BCUT2D eigenvalue weighted by atomic mass is 32.2. The normalized spacial score (nSPS) is 16.0. The predicted octanol–water partition coefficient (Wildman–Crippen LogP) is 0.0199. The summed E-state index contributed by atoms with van der Waals surface area (Å²) in [6, 6.07) is 0. The van der Waals surface area contributed by atoms with Crippen molar-refractivity contribution in [1.29, 1.82) is 0 Å². The van der Waals surface area contributed by atoms with Gasteiger partial charge >= 0.3 is 11.9 Å². The number of esters is 1.